The Morgan fingerprint density at radius 2 is 2.29 bits per heavy atom. The van der Waals surface area contributed by atoms with E-state index in [0.29, 0.717) is 6.54 Å². The van der Waals surface area contributed by atoms with Gasteiger partial charge >= 0.3 is 0 Å². The van der Waals surface area contributed by atoms with E-state index in [1.165, 1.54) is 20.5 Å². The number of hydrogen-bond donors (Lipinski definition) is 1. The van der Waals surface area contributed by atoms with Gasteiger partial charge in [0.1, 0.15) is 0 Å². The van der Waals surface area contributed by atoms with Gasteiger partial charge in [0.15, 0.2) is 0 Å². The maximum atomic E-state index is 5.70. The Kier molecular flexibility index (Phi) is 3.11. The highest BCUT2D eigenvalue weighted by molar-refractivity contribution is 7.97. The van der Waals surface area contributed by atoms with Gasteiger partial charge in [0.05, 0.1) is 0 Å². The van der Waals surface area contributed by atoms with E-state index in [2.05, 4.69) is 30.5 Å². The monoisotopic (exact) mass is 223 g/mol. The van der Waals surface area contributed by atoms with Crippen molar-refractivity contribution < 1.29 is 0 Å². The van der Waals surface area contributed by atoms with Crippen molar-refractivity contribution in [2.24, 2.45) is 5.73 Å². The molecular weight excluding hydrogens is 210 g/mol. The summed E-state index contributed by atoms with van der Waals surface area (Å²) in [6, 6.07) is 8.64. The third-order valence-corrected chi connectivity index (χ3v) is 4.09. The molecule has 2 rings (SSSR count). The molecule has 2 aromatic rings. The molecule has 0 fully saturated rings. The van der Waals surface area contributed by atoms with Gasteiger partial charge in [-0.15, -0.1) is 11.3 Å². The van der Waals surface area contributed by atoms with Gasteiger partial charge in [-0.1, -0.05) is 12.1 Å². The zero-order valence-corrected chi connectivity index (χ0v) is 9.75. The Morgan fingerprint density at radius 1 is 1.43 bits per heavy atom. The fourth-order valence-corrected chi connectivity index (χ4v) is 3.43. The van der Waals surface area contributed by atoms with Gasteiger partial charge in [0, 0.05) is 21.9 Å². The molecule has 74 valence electrons. The highest BCUT2D eigenvalue weighted by Gasteiger charge is 2.04. The van der Waals surface area contributed by atoms with Crippen molar-refractivity contribution in [3.8, 4) is 0 Å². The molecule has 0 saturated carbocycles. The Morgan fingerprint density at radius 3 is 3.00 bits per heavy atom. The van der Waals surface area contributed by atoms with Gasteiger partial charge in [-0.25, -0.2) is 0 Å². The molecule has 0 aliphatic carbocycles. The van der Waals surface area contributed by atoms with Crippen LogP contribution in [-0.2, 0) is 12.3 Å². The lowest BCUT2D eigenvalue weighted by Crippen LogP contribution is -1.95. The molecule has 0 bridgehead atoms. The van der Waals surface area contributed by atoms with E-state index in [-0.39, 0.29) is 0 Å². The first kappa shape index (κ1) is 10.0. The van der Waals surface area contributed by atoms with Crippen LogP contribution in [0.15, 0.2) is 24.3 Å². The quantitative estimate of drug-likeness (QED) is 0.864. The number of benzene rings is 1. The Balaban J connectivity index is 2.52. The van der Waals surface area contributed by atoms with Crippen molar-refractivity contribution in [3.63, 3.8) is 0 Å². The molecule has 1 aromatic carbocycles. The lowest BCUT2D eigenvalue weighted by molar-refractivity contribution is 1.09. The lowest BCUT2D eigenvalue weighted by Gasteiger charge is -1.96. The second-order valence-electron chi connectivity index (χ2n) is 3.18. The first-order valence-electron chi connectivity index (χ1n) is 4.54. The van der Waals surface area contributed by atoms with Crippen LogP contribution in [0.4, 0.5) is 0 Å². The van der Waals surface area contributed by atoms with Crippen LogP contribution >= 0.6 is 23.1 Å². The van der Waals surface area contributed by atoms with Crippen molar-refractivity contribution in [1.29, 1.82) is 0 Å². The maximum Gasteiger partial charge on any atom is 0.0349 e. The Bertz CT molecular complexity index is 434. The normalized spacial score (nSPS) is 11.0. The lowest BCUT2D eigenvalue weighted by atomic mass is 10.1. The zero-order chi connectivity index (χ0) is 9.97. The molecule has 0 atom stereocenters. The molecule has 14 heavy (non-hydrogen) atoms. The van der Waals surface area contributed by atoms with E-state index in [0.717, 1.165) is 5.75 Å². The first-order chi connectivity index (χ1) is 6.85. The van der Waals surface area contributed by atoms with Crippen LogP contribution in [-0.4, -0.2) is 6.26 Å². The third kappa shape index (κ3) is 1.80. The smallest absolute Gasteiger partial charge is 0.0349 e. The average molecular weight is 223 g/mol. The molecule has 0 unspecified atom stereocenters. The molecule has 0 spiro atoms. The topological polar surface area (TPSA) is 26.0 Å². The molecule has 0 aliphatic rings. The Labute approximate surface area is 92.3 Å². The first-order valence-corrected chi connectivity index (χ1v) is 6.75. The molecule has 1 aromatic heterocycles. The number of fused-ring (bicyclic) bond motifs is 1. The van der Waals surface area contributed by atoms with Crippen molar-refractivity contribution in [2.45, 2.75) is 12.3 Å². The number of rotatable bonds is 3. The minimum atomic E-state index is 0.632. The van der Waals surface area contributed by atoms with Crippen molar-refractivity contribution >= 4 is 33.2 Å². The molecule has 0 aliphatic heterocycles. The second-order valence-corrected chi connectivity index (χ2v) is 5.21. The van der Waals surface area contributed by atoms with Crippen LogP contribution in [0.5, 0.6) is 0 Å². The summed E-state index contributed by atoms with van der Waals surface area (Å²) in [5, 5.41) is 1.34. The summed E-state index contributed by atoms with van der Waals surface area (Å²) in [6.45, 7) is 0.632. The number of thiophene rings is 1. The van der Waals surface area contributed by atoms with Gasteiger partial charge in [-0.05, 0) is 29.3 Å². The van der Waals surface area contributed by atoms with Gasteiger partial charge in [-0.2, -0.15) is 11.8 Å². The molecular formula is C11H13NS2. The zero-order valence-electron chi connectivity index (χ0n) is 8.12. The molecule has 3 heteroatoms. The fraction of sp³-hybridized carbons (Fsp3) is 0.273. The van der Waals surface area contributed by atoms with E-state index in [1.807, 2.05) is 23.1 Å². The summed E-state index contributed by atoms with van der Waals surface area (Å²) in [4.78, 5) is 1.44. The average Bonchev–Trinajstić information content (AvgIpc) is 2.60. The summed E-state index contributed by atoms with van der Waals surface area (Å²) >= 11 is 3.74. The van der Waals surface area contributed by atoms with Crippen LogP contribution in [0.25, 0.3) is 10.1 Å². The summed E-state index contributed by atoms with van der Waals surface area (Å²) in [5.41, 5.74) is 6.95. The highest BCUT2D eigenvalue weighted by Crippen LogP contribution is 2.29. The fourth-order valence-electron chi connectivity index (χ4n) is 1.57. The second kappa shape index (κ2) is 4.34. The van der Waals surface area contributed by atoms with E-state index in [9.17, 15) is 0 Å². The highest BCUT2D eigenvalue weighted by atomic mass is 32.2. The molecule has 0 radical (unpaired) electrons. The molecule has 1 heterocycles. The molecule has 2 N–H and O–H groups in total. The minimum Gasteiger partial charge on any atom is -0.326 e. The minimum absolute atomic E-state index is 0.632. The van der Waals surface area contributed by atoms with Crippen LogP contribution in [0.1, 0.15) is 10.4 Å². The predicted molar refractivity (Wildman–Crippen MR) is 66.9 cm³/mol. The molecule has 1 nitrogen and oxygen atoms in total. The number of hydrogen-bond acceptors (Lipinski definition) is 3. The summed E-state index contributed by atoms with van der Waals surface area (Å²) in [5.74, 6) is 1.10. The van der Waals surface area contributed by atoms with E-state index < -0.39 is 0 Å². The number of nitrogens with two attached hydrogens (primary N) is 1. The van der Waals surface area contributed by atoms with E-state index in [4.69, 9.17) is 5.73 Å². The summed E-state index contributed by atoms with van der Waals surface area (Å²) < 4.78 is 1.36. The summed E-state index contributed by atoms with van der Waals surface area (Å²) in [7, 11) is 0. The third-order valence-electron chi connectivity index (χ3n) is 2.21. The van der Waals surface area contributed by atoms with Crippen LogP contribution in [0.3, 0.4) is 0 Å². The molecule has 0 amide bonds. The predicted octanol–water partition coefficient (Wildman–Crippen LogP) is 3.22. The van der Waals surface area contributed by atoms with Crippen molar-refractivity contribution in [1.82, 2.24) is 0 Å². The maximum absolute atomic E-state index is 5.70. The van der Waals surface area contributed by atoms with Crippen molar-refractivity contribution in [3.05, 3.63) is 34.7 Å². The Hall–Kier alpha value is -0.510. The summed E-state index contributed by atoms with van der Waals surface area (Å²) in [6.07, 6.45) is 2.13. The number of thioether (sulfide) groups is 1. The molecule has 0 saturated heterocycles. The van der Waals surface area contributed by atoms with Crippen LogP contribution in [0.2, 0.25) is 0 Å². The van der Waals surface area contributed by atoms with Gasteiger partial charge in [0.25, 0.3) is 0 Å². The van der Waals surface area contributed by atoms with Crippen molar-refractivity contribution in [2.75, 3.05) is 6.26 Å². The van der Waals surface area contributed by atoms with Gasteiger partial charge < -0.3 is 5.73 Å². The standard InChI is InChI=1S/C11H13NS2/c1-13-7-9-5-10-8(6-12)3-2-4-11(10)14-9/h2-5H,6-7,12H2,1H3. The van der Waals surface area contributed by atoms with Crippen LogP contribution in [0, 0.1) is 0 Å². The van der Waals surface area contributed by atoms with Gasteiger partial charge in [-0.3, -0.25) is 0 Å². The largest absolute Gasteiger partial charge is 0.326 e. The van der Waals surface area contributed by atoms with Gasteiger partial charge in [0.2, 0.25) is 0 Å². The van der Waals surface area contributed by atoms with Crippen LogP contribution < -0.4 is 5.73 Å². The SMILES string of the molecule is CSCc1cc2c(CN)cccc2s1. The van der Waals surface area contributed by atoms with E-state index >= 15 is 0 Å². The van der Waals surface area contributed by atoms with E-state index in [1.54, 1.807) is 0 Å².